The predicted molar refractivity (Wildman–Crippen MR) is 113 cm³/mol. The van der Waals surface area contributed by atoms with Crippen molar-refractivity contribution in [1.82, 2.24) is 0 Å². The Morgan fingerprint density at radius 3 is 2.28 bits per heavy atom. The van der Waals surface area contributed by atoms with Gasteiger partial charge >= 0.3 is 5.97 Å². The highest BCUT2D eigenvalue weighted by Crippen LogP contribution is 2.32. The van der Waals surface area contributed by atoms with E-state index in [2.05, 4.69) is 11.4 Å². The molecule has 0 unspecified atom stereocenters. The molecule has 0 radical (unpaired) electrons. The minimum absolute atomic E-state index is 0.267. The Morgan fingerprint density at radius 1 is 0.931 bits per heavy atom. The fourth-order valence-corrected chi connectivity index (χ4v) is 3.58. The van der Waals surface area contributed by atoms with E-state index in [1.165, 1.54) is 17.8 Å². The molecule has 2 N–H and O–H groups in total. The third kappa shape index (κ3) is 5.34. The third-order valence-corrected chi connectivity index (χ3v) is 5.10. The van der Waals surface area contributed by atoms with Gasteiger partial charge in [-0.1, -0.05) is 48.2 Å². The van der Waals surface area contributed by atoms with Gasteiger partial charge in [0.05, 0.1) is 11.1 Å². The Labute approximate surface area is 172 Å². The molecule has 0 fully saturated rings. The summed E-state index contributed by atoms with van der Waals surface area (Å²) in [4.78, 5) is 24.9. The van der Waals surface area contributed by atoms with E-state index in [1.807, 2.05) is 24.3 Å². The number of anilines is 1. The fourth-order valence-electron chi connectivity index (χ4n) is 2.55. The molecule has 0 bridgehead atoms. The zero-order valence-corrected chi connectivity index (χ0v) is 16.0. The second-order valence-corrected chi connectivity index (χ2v) is 7.04. The van der Waals surface area contributed by atoms with Crippen molar-refractivity contribution >= 4 is 35.4 Å². The summed E-state index contributed by atoms with van der Waals surface area (Å²) in [5.41, 5.74) is 2.37. The van der Waals surface area contributed by atoms with Gasteiger partial charge in [-0.3, -0.25) is 4.79 Å². The molecule has 0 saturated carbocycles. The van der Waals surface area contributed by atoms with Crippen molar-refractivity contribution < 1.29 is 14.7 Å². The van der Waals surface area contributed by atoms with Crippen LogP contribution in [0.2, 0.25) is 0 Å². The lowest BCUT2D eigenvalue weighted by atomic mass is 10.1. The molecule has 0 aliphatic heterocycles. The lowest BCUT2D eigenvalue weighted by molar-refractivity contribution is -0.131. The summed E-state index contributed by atoms with van der Waals surface area (Å²) in [5, 5.41) is 20.8. The molecule has 6 heteroatoms. The Hall–Kier alpha value is -3.82. The molecule has 142 valence electrons. The second kappa shape index (κ2) is 9.40. The fraction of sp³-hybridized carbons (Fsp3) is 0. The number of amides is 1. The summed E-state index contributed by atoms with van der Waals surface area (Å²) >= 11 is 1.37. The zero-order chi connectivity index (χ0) is 20.6. The van der Waals surface area contributed by atoms with Crippen molar-refractivity contribution in [2.45, 2.75) is 9.79 Å². The van der Waals surface area contributed by atoms with Gasteiger partial charge in [0.15, 0.2) is 0 Å². The van der Waals surface area contributed by atoms with Crippen LogP contribution in [-0.2, 0) is 4.79 Å². The van der Waals surface area contributed by atoms with Gasteiger partial charge in [0.2, 0.25) is 0 Å². The van der Waals surface area contributed by atoms with Crippen LogP contribution in [0, 0.1) is 11.3 Å². The molecule has 0 aliphatic rings. The summed E-state index contributed by atoms with van der Waals surface area (Å²) in [5.74, 6) is -1.29. The van der Waals surface area contributed by atoms with E-state index >= 15 is 0 Å². The Morgan fingerprint density at radius 2 is 1.59 bits per heavy atom. The van der Waals surface area contributed by atoms with Gasteiger partial charge in [-0.15, -0.1) is 0 Å². The van der Waals surface area contributed by atoms with Crippen LogP contribution in [0.4, 0.5) is 5.69 Å². The first kappa shape index (κ1) is 19.9. The van der Waals surface area contributed by atoms with Crippen LogP contribution in [0.25, 0.3) is 6.08 Å². The van der Waals surface area contributed by atoms with Gasteiger partial charge < -0.3 is 10.4 Å². The molecule has 0 aromatic heterocycles. The van der Waals surface area contributed by atoms with E-state index in [-0.39, 0.29) is 5.91 Å². The molecule has 3 aromatic carbocycles. The number of carboxylic acid groups (broad SMARTS) is 1. The number of benzene rings is 3. The van der Waals surface area contributed by atoms with Crippen LogP contribution in [0.1, 0.15) is 21.5 Å². The standard InChI is InChI=1S/C23H16N2O3S/c24-15-17-5-1-3-7-20(17)29-21-8-4-2-6-19(21)23(28)25-18-12-9-16(10-13-18)11-14-22(26)27/h1-14H,(H,25,28)(H,26,27). The maximum atomic E-state index is 12.8. The summed E-state index contributed by atoms with van der Waals surface area (Å²) in [6.07, 6.45) is 2.53. The van der Waals surface area contributed by atoms with Crippen molar-refractivity contribution in [3.8, 4) is 6.07 Å². The normalized spacial score (nSPS) is 10.4. The number of aliphatic carboxylic acids is 1. The third-order valence-electron chi connectivity index (χ3n) is 3.95. The molecule has 1 amide bonds. The number of nitriles is 1. The van der Waals surface area contributed by atoms with Crippen LogP contribution in [0.3, 0.4) is 0 Å². The van der Waals surface area contributed by atoms with Crippen LogP contribution < -0.4 is 5.32 Å². The predicted octanol–water partition coefficient (Wildman–Crippen LogP) is 5.06. The number of nitrogens with zero attached hydrogens (tertiary/aromatic N) is 1. The van der Waals surface area contributed by atoms with Crippen molar-refractivity contribution in [1.29, 1.82) is 5.26 Å². The molecule has 3 rings (SSSR count). The average molecular weight is 400 g/mol. The highest BCUT2D eigenvalue weighted by atomic mass is 32.2. The van der Waals surface area contributed by atoms with E-state index in [0.29, 0.717) is 16.8 Å². The van der Waals surface area contributed by atoms with E-state index in [0.717, 1.165) is 21.4 Å². The van der Waals surface area contributed by atoms with E-state index in [9.17, 15) is 14.9 Å². The SMILES string of the molecule is N#Cc1ccccc1Sc1ccccc1C(=O)Nc1ccc(C=CC(=O)O)cc1. The Kier molecular flexibility index (Phi) is 6.46. The van der Waals surface area contributed by atoms with Crippen LogP contribution >= 0.6 is 11.8 Å². The molecule has 0 aliphatic carbocycles. The first-order valence-corrected chi connectivity index (χ1v) is 9.47. The van der Waals surface area contributed by atoms with Gasteiger partial charge in [0, 0.05) is 21.6 Å². The number of hydrogen-bond donors (Lipinski definition) is 2. The molecular weight excluding hydrogens is 384 g/mol. The first-order valence-electron chi connectivity index (χ1n) is 8.65. The smallest absolute Gasteiger partial charge is 0.328 e. The highest BCUT2D eigenvalue weighted by Gasteiger charge is 2.13. The molecular formula is C23H16N2O3S. The molecule has 0 atom stereocenters. The van der Waals surface area contributed by atoms with Crippen LogP contribution in [0.15, 0.2) is 88.7 Å². The lowest BCUT2D eigenvalue weighted by Gasteiger charge is -2.11. The number of hydrogen-bond acceptors (Lipinski definition) is 4. The second-order valence-electron chi connectivity index (χ2n) is 5.95. The van der Waals surface area contributed by atoms with Gasteiger partial charge in [0.25, 0.3) is 5.91 Å². The Bertz CT molecular complexity index is 1120. The maximum absolute atomic E-state index is 12.8. The largest absolute Gasteiger partial charge is 0.478 e. The topological polar surface area (TPSA) is 90.2 Å². The van der Waals surface area contributed by atoms with Crippen molar-refractivity contribution in [2.24, 2.45) is 0 Å². The molecule has 29 heavy (non-hydrogen) atoms. The highest BCUT2D eigenvalue weighted by molar-refractivity contribution is 7.99. The number of carbonyl (C=O) groups is 2. The number of carbonyl (C=O) groups excluding carboxylic acids is 1. The minimum Gasteiger partial charge on any atom is -0.478 e. The molecule has 3 aromatic rings. The van der Waals surface area contributed by atoms with E-state index < -0.39 is 5.97 Å². The molecule has 0 spiro atoms. The summed E-state index contributed by atoms with van der Waals surface area (Å²) in [6, 6.07) is 23.5. The number of carboxylic acids is 1. The van der Waals surface area contributed by atoms with E-state index in [4.69, 9.17) is 5.11 Å². The number of rotatable bonds is 6. The first-order chi connectivity index (χ1) is 14.1. The van der Waals surface area contributed by atoms with Gasteiger partial charge in [-0.05, 0) is 48.0 Å². The molecule has 0 saturated heterocycles. The Balaban J connectivity index is 1.78. The summed E-state index contributed by atoms with van der Waals surface area (Å²) in [7, 11) is 0. The monoisotopic (exact) mass is 400 g/mol. The van der Waals surface area contributed by atoms with Crippen molar-refractivity contribution in [3.63, 3.8) is 0 Å². The zero-order valence-electron chi connectivity index (χ0n) is 15.2. The van der Waals surface area contributed by atoms with Crippen molar-refractivity contribution in [2.75, 3.05) is 5.32 Å². The van der Waals surface area contributed by atoms with E-state index in [1.54, 1.807) is 48.5 Å². The van der Waals surface area contributed by atoms with Gasteiger partial charge in [-0.2, -0.15) is 5.26 Å². The van der Waals surface area contributed by atoms with Crippen LogP contribution in [-0.4, -0.2) is 17.0 Å². The molecule has 0 heterocycles. The maximum Gasteiger partial charge on any atom is 0.328 e. The summed E-state index contributed by atoms with van der Waals surface area (Å²) in [6.45, 7) is 0. The van der Waals surface area contributed by atoms with Gasteiger partial charge in [0.1, 0.15) is 6.07 Å². The molecule has 5 nitrogen and oxygen atoms in total. The minimum atomic E-state index is -1.02. The van der Waals surface area contributed by atoms with Gasteiger partial charge in [-0.25, -0.2) is 4.79 Å². The van der Waals surface area contributed by atoms with Crippen molar-refractivity contribution in [3.05, 3.63) is 95.6 Å². The average Bonchev–Trinajstić information content (AvgIpc) is 2.74. The number of nitrogens with one attached hydrogen (secondary N) is 1. The quantitative estimate of drug-likeness (QED) is 0.565. The van der Waals surface area contributed by atoms with Crippen LogP contribution in [0.5, 0.6) is 0 Å². The lowest BCUT2D eigenvalue weighted by Crippen LogP contribution is -2.12. The summed E-state index contributed by atoms with van der Waals surface area (Å²) < 4.78 is 0.